The molecule has 0 bridgehead atoms. The van der Waals surface area contributed by atoms with Gasteiger partial charge in [-0.15, -0.1) is 0 Å². The molecule has 4 heteroatoms. The first-order valence-corrected chi connectivity index (χ1v) is 6.25. The number of hydrogen-bond donors (Lipinski definition) is 0. The van der Waals surface area contributed by atoms with Gasteiger partial charge in [0.1, 0.15) is 5.82 Å². The maximum absolute atomic E-state index is 13.7. The molecule has 2 aromatic carbocycles. The Morgan fingerprint density at radius 3 is 2.22 bits per heavy atom. The smallest absolute Gasteiger partial charge is 0.159 e. The lowest BCUT2D eigenvalue weighted by molar-refractivity contribution is 0.507. The van der Waals surface area contributed by atoms with Gasteiger partial charge >= 0.3 is 0 Å². The summed E-state index contributed by atoms with van der Waals surface area (Å²) in [6.07, 6.45) is 0. The van der Waals surface area contributed by atoms with Gasteiger partial charge in [0.25, 0.3) is 0 Å². The second-order valence-electron chi connectivity index (χ2n) is 4.06. The Kier molecular flexibility index (Phi) is 3.76. The highest BCUT2D eigenvalue weighted by molar-refractivity contribution is 9.09. The van der Waals surface area contributed by atoms with Crippen molar-refractivity contribution in [3.05, 3.63) is 70.5 Å². The summed E-state index contributed by atoms with van der Waals surface area (Å²) in [5.41, 5.74) is 1.78. The van der Waals surface area contributed by atoms with Crippen LogP contribution in [0.25, 0.3) is 0 Å². The summed E-state index contributed by atoms with van der Waals surface area (Å²) in [5.74, 6) is -2.24. The molecule has 0 aliphatic rings. The molecule has 0 nitrogen and oxygen atoms in total. The topological polar surface area (TPSA) is 0 Å². The van der Waals surface area contributed by atoms with Gasteiger partial charge in [-0.05, 0) is 30.7 Å². The molecule has 18 heavy (non-hydrogen) atoms. The largest absolute Gasteiger partial charge is 0.207 e. The van der Waals surface area contributed by atoms with Crippen LogP contribution in [0.15, 0.2) is 36.4 Å². The summed E-state index contributed by atoms with van der Waals surface area (Å²) >= 11 is 3.31. The van der Waals surface area contributed by atoms with Crippen molar-refractivity contribution in [3.8, 4) is 0 Å². The van der Waals surface area contributed by atoms with Crippen LogP contribution in [0.5, 0.6) is 0 Å². The molecule has 0 amide bonds. The fraction of sp³-hybridized carbons (Fsp3) is 0.143. The second-order valence-corrected chi connectivity index (χ2v) is 4.98. The summed E-state index contributed by atoms with van der Waals surface area (Å²) in [6.45, 7) is 1.84. The Bertz CT molecular complexity index is 581. The lowest BCUT2D eigenvalue weighted by atomic mass is 10.0. The zero-order valence-corrected chi connectivity index (χ0v) is 11.1. The van der Waals surface area contributed by atoms with Crippen molar-refractivity contribution >= 4 is 15.9 Å². The predicted octanol–water partition coefficient (Wildman–Crippen LogP) is 4.90. The standard InChI is InChI=1S/C14H10BrF3/c1-8-2-4-11(16)10(6-8)14(15)9-3-5-12(17)13(18)7-9/h2-7,14H,1H3. The van der Waals surface area contributed by atoms with Gasteiger partial charge in [0.2, 0.25) is 0 Å². The molecule has 0 aliphatic carbocycles. The lowest BCUT2D eigenvalue weighted by Crippen LogP contribution is -1.99. The molecule has 0 heterocycles. The third-order valence-corrected chi connectivity index (χ3v) is 3.68. The molecule has 2 aromatic rings. The molecule has 94 valence electrons. The fourth-order valence-electron chi connectivity index (χ4n) is 1.71. The molecule has 0 saturated heterocycles. The van der Waals surface area contributed by atoms with Crippen LogP contribution in [0.1, 0.15) is 21.5 Å². The van der Waals surface area contributed by atoms with Crippen LogP contribution in [-0.4, -0.2) is 0 Å². The normalized spacial score (nSPS) is 12.5. The Labute approximate surface area is 112 Å². The third-order valence-electron chi connectivity index (χ3n) is 2.66. The van der Waals surface area contributed by atoms with Gasteiger partial charge < -0.3 is 0 Å². The number of rotatable bonds is 2. The van der Waals surface area contributed by atoms with Crippen LogP contribution < -0.4 is 0 Å². The fourth-order valence-corrected chi connectivity index (χ4v) is 2.34. The molecule has 1 atom stereocenters. The minimum absolute atomic E-state index is 0.382. The molecule has 2 rings (SSSR count). The zero-order valence-electron chi connectivity index (χ0n) is 9.55. The van der Waals surface area contributed by atoms with Gasteiger partial charge in [0.15, 0.2) is 11.6 Å². The van der Waals surface area contributed by atoms with Crippen molar-refractivity contribution in [2.75, 3.05) is 0 Å². The Morgan fingerprint density at radius 1 is 0.889 bits per heavy atom. The van der Waals surface area contributed by atoms with Gasteiger partial charge in [0, 0.05) is 5.56 Å². The van der Waals surface area contributed by atoms with Crippen LogP contribution in [0.4, 0.5) is 13.2 Å². The SMILES string of the molecule is Cc1ccc(F)c(C(Br)c2ccc(F)c(F)c2)c1. The van der Waals surface area contributed by atoms with Crippen molar-refractivity contribution in [2.45, 2.75) is 11.8 Å². The average molecular weight is 315 g/mol. The van der Waals surface area contributed by atoms with Crippen molar-refractivity contribution in [2.24, 2.45) is 0 Å². The zero-order chi connectivity index (χ0) is 13.3. The molecule has 0 N–H and O–H groups in total. The Morgan fingerprint density at radius 2 is 1.56 bits per heavy atom. The molecule has 1 unspecified atom stereocenters. The van der Waals surface area contributed by atoms with E-state index in [0.717, 1.165) is 17.7 Å². The third kappa shape index (κ3) is 2.58. The van der Waals surface area contributed by atoms with Gasteiger partial charge in [-0.3, -0.25) is 0 Å². The first-order chi connectivity index (χ1) is 8.49. The van der Waals surface area contributed by atoms with E-state index in [9.17, 15) is 13.2 Å². The van der Waals surface area contributed by atoms with E-state index in [-0.39, 0.29) is 5.82 Å². The van der Waals surface area contributed by atoms with Crippen LogP contribution >= 0.6 is 15.9 Å². The molecule has 0 fully saturated rings. The maximum atomic E-state index is 13.7. The number of benzene rings is 2. The van der Waals surface area contributed by atoms with E-state index >= 15 is 0 Å². The molecule has 0 aromatic heterocycles. The van der Waals surface area contributed by atoms with Crippen LogP contribution in [0, 0.1) is 24.4 Å². The number of hydrogen-bond acceptors (Lipinski definition) is 0. The van der Waals surface area contributed by atoms with Crippen molar-refractivity contribution in [1.29, 1.82) is 0 Å². The van der Waals surface area contributed by atoms with Crippen LogP contribution in [0.2, 0.25) is 0 Å². The molecular weight excluding hydrogens is 305 g/mol. The van der Waals surface area contributed by atoms with Gasteiger partial charge in [-0.1, -0.05) is 39.7 Å². The monoisotopic (exact) mass is 314 g/mol. The van der Waals surface area contributed by atoms with E-state index in [2.05, 4.69) is 15.9 Å². The highest BCUT2D eigenvalue weighted by atomic mass is 79.9. The molecule has 0 spiro atoms. The molecule has 0 aliphatic heterocycles. The Balaban J connectivity index is 2.44. The Hall–Kier alpha value is -1.29. The van der Waals surface area contributed by atoms with Crippen molar-refractivity contribution in [1.82, 2.24) is 0 Å². The minimum Gasteiger partial charge on any atom is -0.207 e. The van der Waals surface area contributed by atoms with Gasteiger partial charge in [0.05, 0.1) is 4.83 Å². The lowest BCUT2D eigenvalue weighted by Gasteiger charge is -2.12. The van der Waals surface area contributed by atoms with E-state index in [1.807, 2.05) is 6.92 Å². The maximum Gasteiger partial charge on any atom is 0.159 e. The number of aryl methyl sites for hydroxylation is 1. The molecule has 0 saturated carbocycles. The second kappa shape index (κ2) is 5.14. The van der Waals surface area contributed by atoms with Crippen molar-refractivity contribution < 1.29 is 13.2 Å². The average Bonchev–Trinajstić information content (AvgIpc) is 2.35. The quantitative estimate of drug-likeness (QED) is 0.692. The van der Waals surface area contributed by atoms with Gasteiger partial charge in [-0.25, -0.2) is 13.2 Å². The molecule has 0 radical (unpaired) electrons. The van der Waals surface area contributed by atoms with E-state index < -0.39 is 16.5 Å². The van der Waals surface area contributed by atoms with Gasteiger partial charge in [-0.2, -0.15) is 0 Å². The first-order valence-electron chi connectivity index (χ1n) is 5.34. The summed E-state index contributed by atoms with van der Waals surface area (Å²) in [7, 11) is 0. The van der Waals surface area contributed by atoms with E-state index in [1.165, 1.54) is 12.1 Å². The van der Waals surface area contributed by atoms with E-state index in [4.69, 9.17) is 0 Å². The minimum atomic E-state index is -0.940. The summed E-state index contributed by atoms with van der Waals surface area (Å²) in [6, 6.07) is 8.22. The highest BCUT2D eigenvalue weighted by Crippen LogP contribution is 2.33. The number of halogens is 4. The summed E-state index contributed by atoms with van der Waals surface area (Å²) in [5, 5.41) is 0. The van der Waals surface area contributed by atoms with E-state index in [1.54, 1.807) is 12.1 Å². The highest BCUT2D eigenvalue weighted by Gasteiger charge is 2.16. The van der Waals surface area contributed by atoms with Crippen LogP contribution in [0.3, 0.4) is 0 Å². The predicted molar refractivity (Wildman–Crippen MR) is 68.3 cm³/mol. The van der Waals surface area contributed by atoms with Crippen LogP contribution in [-0.2, 0) is 0 Å². The first kappa shape index (κ1) is 13.1. The number of alkyl halides is 1. The summed E-state index contributed by atoms with van der Waals surface area (Å²) < 4.78 is 39.7. The van der Waals surface area contributed by atoms with E-state index in [0.29, 0.717) is 11.1 Å². The summed E-state index contributed by atoms with van der Waals surface area (Å²) in [4.78, 5) is -0.507. The molecular formula is C14H10BrF3. The van der Waals surface area contributed by atoms with Crippen molar-refractivity contribution in [3.63, 3.8) is 0 Å².